The molecule has 5 heteroatoms. The Bertz CT molecular complexity index is 528. The SMILES string of the molecule is CCS(=O)(=O)c1ccccc1NCC1CCN(C)C1. The van der Waals surface area contributed by atoms with Crippen LogP contribution < -0.4 is 5.32 Å². The lowest BCUT2D eigenvalue weighted by atomic mass is 10.1. The summed E-state index contributed by atoms with van der Waals surface area (Å²) in [5, 5.41) is 3.31. The van der Waals surface area contributed by atoms with Crippen molar-refractivity contribution in [2.45, 2.75) is 18.2 Å². The van der Waals surface area contributed by atoms with Crippen LogP contribution in [0.25, 0.3) is 0 Å². The zero-order chi connectivity index (χ0) is 13.9. The zero-order valence-electron chi connectivity index (χ0n) is 11.6. The number of sulfone groups is 1. The monoisotopic (exact) mass is 282 g/mol. The van der Waals surface area contributed by atoms with E-state index in [9.17, 15) is 8.42 Å². The van der Waals surface area contributed by atoms with E-state index in [0.717, 1.165) is 25.3 Å². The third-order valence-electron chi connectivity index (χ3n) is 3.67. The van der Waals surface area contributed by atoms with Crippen molar-refractivity contribution >= 4 is 15.5 Å². The van der Waals surface area contributed by atoms with Gasteiger partial charge >= 0.3 is 0 Å². The third kappa shape index (κ3) is 3.48. The molecule has 1 unspecified atom stereocenters. The molecule has 19 heavy (non-hydrogen) atoms. The number of para-hydroxylation sites is 1. The number of nitrogens with one attached hydrogen (secondary N) is 1. The molecule has 0 spiro atoms. The molecule has 1 aromatic carbocycles. The highest BCUT2D eigenvalue weighted by atomic mass is 32.2. The van der Waals surface area contributed by atoms with Gasteiger partial charge in [-0.1, -0.05) is 19.1 Å². The quantitative estimate of drug-likeness (QED) is 0.895. The fraction of sp³-hybridized carbons (Fsp3) is 0.571. The maximum absolute atomic E-state index is 12.0. The molecule has 4 nitrogen and oxygen atoms in total. The second-order valence-corrected chi connectivity index (χ2v) is 7.44. The molecule has 1 atom stereocenters. The molecule has 106 valence electrons. The first-order chi connectivity index (χ1) is 9.03. The van der Waals surface area contributed by atoms with E-state index in [1.54, 1.807) is 19.1 Å². The van der Waals surface area contributed by atoms with Crippen LogP contribution in [0.2, 0.25) is 0 Å². The average Bonchev–Trinajstić information content (AvgIpc) is 2.82. The predicted octanol–water partition coefficient (Wildman–Crippen LogP) is 1.84. The number of likely N-dealkylation sites (tertiary alicyclic amines) is 1. The molecule has 1 aromatic rings. The molecule has 0 aliphatic carbocycles. The van der Waals surface area contributed by atoms with E-state index in [2.05, 4.69) is 17.3 Å². The first kappa shape index (κ1) is 14.3. The molecule has 0 radical (unpaired) electrons. The van der Waals surface area contributed by atoms with Gasteiger partial charge in [-0.05, 0) is 38.1 Å². The number of hydrogen-bond acceptors (Lipinski definition) is 4. The van der Waals surface area contributed by atoms with E-state index in [4.69, 9.17) is 0 Å². The van der Waals surface area contributed by atoms with Crippen molar-refractivity contribution in [1.29, 1.82) is 0 Å². The Morgan fingerprint density at radius 3 is 2.74 bits per heavy atom. The van der Waals surface area contributed by atoms with Crippen LogP contribution in [0.3, 0.4) is 0 Å². The molecule has 1 heterocycles. The summed E-state index contributed by atoms with van der Waals surface area (Å²) < 4.78 is 24.0. The Morgan fingerprint density at radius 2 is 2.11 bits per heavy atom. The van der Waals surface area contributed by atoms with Gasteiger partial charge in [0, 0.05) is 13.1 Å². The van der Waals surface area contributed by atoms with E-state index in [1.165, 1.54) is 6.42 Å². The van der Waals surface area contributed by atoms with Crippen LogP contribution in [0, 0.1) is 5.92 Å². The van der Waals surface area contributed by atoms with Crippen molar-refractivity contribution in [2.24, 2.45) is 5.92 Å². The molecule has 1 aliphatic heterocycles. The van der Waals surface area contributed by atoms with Gasteiger partial charge in [-0.2, -0.15) is 0 Å². The minimum atomic E-state index is -3.16. The van der Waals surface area contributed by atoms with Crippen LogP contribution in [-0.2, 0) is 9.84 Å². The number of benzene rings is 1. The maximum Gasteiger partial charge on any atom is 0.180 e. The molecule has 0 saturated carbocycles. The Labute approximate surface area is 115 Å². The maximum atomic E-state index is 12.0. The molecule has 1 saturated heterocycles. The highest BCUT2D eigenvalue weighted by Gasteiger charge is 2.20. The fourth-order valence-electron chi connectivity index (χ4n) is 2.49. The van der Waals surface area contributed by atoms with E-state index < -0.39 is 9.84 Å². The molecule has 0 bridgehead atoms. The van der Waals surface area contributed by atoms with E-state index in [1.807, 2.05) is 12.1 Å². The second-order valence-electron chi connectivity index (χ2n) is 5.20. The van der Waals surface area contributed by atoms with Gasteiger partial charge in [-0.25, -0.2) is 8.42 Å². The Morgan fingerprint density at radius 1 is 1.37 bits per heavy atom. The van der Waals surface area contributed by atoms with Crippen LogP contribution in [-0.4, -0.2) is 45.8 Å². The summed E-state index contributed by atoms with van der Waals surface area (Å²) in [6, 6.07) is 7.18. The summed E-state index contributed by atoms with van der Waals surface area (Å²) >= 11 is 0. The zero-order valence-corrected chi connectivity index (χ0v) is 12.4. The summed E-state index contributed by atoms with van der Waals surface area (Å²) in [6.07, 6.45) is 1.17. The van der Waals surface area contributed by atoms with Gasteiger partial charge in [0.1, 0.15) is 0 Å². The number of rotatable bonds is 5. The van der Waals surface area contributed by atoms with Crippen LogP contribution in [0.15, 0.2) is 29.2 Å². The van der Waals surface area contributed by atoms with E-state index >= 15 is 0 Å². The molecular formula is C14H22N2O2S. The van der Waals surface area contributed by atoms with Gasteiger partial charge in [0.2, 0.25) is 0 Å². The van der Waals surface area contributed by atoms with Gasteiger partial charge in [-0.3, -0.25) is 0 Å². The Hall–Kier alpha value is -1.07. The van der Waals surface area contributed by atoms with Gasteiger partial charge < -0.3 is 10.2 Å². The Balaban J connectivity index is 2.08. The summed E-state index contributed by atoms with van der Waals surface area (Å²) in [7, 11) is -1.04. The summed E-state index contributed by atoms with van der Waals surface area (Å²) in [4.78, 5) is 2.73. The highest BCUT2D eigenvalue weighted by Crippen LogP contribution is 2.23. The van der Waals surface area contributed by atoms with Crippen molar-refractivity contribution in [3.63, 3.8) is 0 Å². The van der Waals surface area contributed by atoms with Crippen LogP contribution in [0.5, 0.6) is 0 Å². The number of nitrogens with zero attached hydrogens (tertiary/aromatic N) is 1. The largest absolute Gasteiger partial charge is 0.384 e. The lowest BCUT2D eigenvalue weighted by Crippen LogP contribution is -2.20. The highest BCUT2D eigenvalue weighted by molar-refractivity contribution is 7.91. The van der Waals surface area contributed by atoms with E-state index in [-0.39, 0.29) is 5.75 Å². The summed E-state index contributed by atoms with van der Waals surface area (Å²) in [5.74, 6) is 0.736. The van der Waals surface area contributed by atoms with Crippen molar-refractivity contribution < 1.29 is 8.42 Å². The minimum Gasteiger partial charge on any atom is -0.384 e. The summed E-state index contributed by atoms with van der Waals surface area (Å²) in [6.45, 7) is 4.72. The molecule has 1 aliphatic rings. The van der Waals surface area contributed by atoms with Crippen LogP contribution in [0.1, 0.15) is 13.3 Å². The standard InChI is InChI=1S/C14H22N2O2S/c1-3-19(17,18)14-7-5-4-6-13(14)15-10-12-8-9-16(2)11-12/h4-7,12,15H,3,8-11H2,1-2H3. The van der Waals surface area contributed by atoms with Gasteiger partial charge in [0.05, 0.1) is 16.3 Å². The number of anilines is 1. The summed E-state index contributed by atoms with van der Waals surface area (Å²) in [5.41, 5.74) is 0.735. The lowest BCUT2D eigenvalue weighted by molar-refractivity contribution is 0.399. The second kappa shape index (κ2) is 5.92. The first-order valence-corrected chi connectivity index (χ1v) is 8.42. The molecule has 0 aromatic heterocycles. The molecule has 0 amide bonds. The predicted molar refractivity (Wildman–Crippen MR) is 78.3 cm³/mol. The molecular weight excluding hydrogens is 260 g/mol. The van der Waals surface area contributed by atoms with Gasteiger partial charge in [-0.15, -0.1) is 0 Å². The van der Waals surface area contributed by atoms with Crippen molar-refractivity contribution in [2.75, 3.05) is 37.8 Å². The molecule has 2 rings (SSSR count). The topological polar surface area (TPSA) is 49.4 Å². The smallest absolute Gasteiger partial charge is 0.180 e. The Kier molecular flexibility index (Phi) is 4.47. The average molecular weight is 282 g/mol. The van der Waals surface area contributed by atoms with Crippen LogP contribution in [0.4, 0.5) is 5.69 Å². The van der Waals surface area contributed by atoms with Crippen LogP contribution >= 0.6 is 0 Å². The van der Waals surface area contributed by atoms with Crippen molar-refractivity contribution in [1.82, 2.24) is 4.90 Å². The van der Waals surface area contributed by atoms with Crippen molar-refractivity contribution in [3.05, 3.63) is 24.3 Å². The van der Waals surface area contributed by atoms with Crippen molar-refractivity contribution in [3.8, 4) is 0 Å². The lowest BCUT2D eigenvalue weighted by Gasteiger charge is -2.15. The van der Waals surface area contributed by atoms with Gasteiger partial charge in [0.15, 0.2) is 9.84 Å². The number of hydrogen-bond donors (Lipinski definition) is 1. The fourth-order valence-corrected chi connectivity index (χ4v) is 3.56. The van der Waals surface area contributed by atoms with E-state index in [0.29, 0.717) is 10.8 Å². The minimum absolute atomic E-state index is 0.137. The van der Waals surface area contributed by atoms with Gasteiger partial charge in [0.25, 0.3) is 0 Å². The third-order valence-corrected chi connectivity index (χ3v) is 5.46. The first-order valence-electron chi connectivity index (χ1n) is 6.77. The molecule has 1 N–H and O–H groups in total. The molecule has 1 fully saturated rings. The normalized spacial score (nSPS) is 20.6.